The Morgan fingerprint density at radius 3 is 2.74 bits per heavy atom. The second kappa shape index (κ2) is 7.02. The molecule has 0 unspecified atom stereocenters. The molecule has 0 saturated heterocycles. The number of halogens is 2. The molecule has 8 heteroatoms. The summed E-state index contributed by atoms with van der Waals surface area (Å²) in [7, 11) is 0. The van der Waals surface area contributed by atoms with Gasteiger partial charge in [-0.3, -0.25) is 9.36 Å². The summed E-state index contributed by atoms with van der Waals surface area (Å²) in [6.07, 6.45) is 0.829. The summed E-state index contributed by atoms with van der Waals surface area (Å²) in [5.74, 6) is 0.237. The number of amides is 1. The van der Waals surface area contributed by atoms with Crippen molar-refractivity contribution in [2.24, 2.45) is 0 Å². The highest BCUT2D eigenvalue weighted by Gasteiger charge is 2.22. The van der Waals surface area contributed by atoms with E-state index in [0.717, 1.165) is 13.0 Å². The molecule has 2 N–H and O–H groups in total. The summed E-state index contributed by atoms with van der Waals surface area (Å²) in [6, 6.07) is 6.84. The van der Waals surface area contributed by atoms with Gasteiger partial charge in [0.2, 0.25) is 0 Å². The van der Waals surface area contributed by atoms with Crippen LogP contribution < -0.4 is 16.3 Å². The van der Waals surface area contributed by atoms with Crippen molar-refractivity contribution >= 4 is 41.4 Å². The van der Waals surface area contributed by atoms with Gasteiger partial charge in [0.25, 0.3) is 5.91 Å². The van der Waals surface area contributed by atoms with Crippen LogP contribution >= 0.6 is 24.0 Å². The zero-order chi connectivity index (χ0) is 15.7. The van der Waals surface area contributed by atoms with Crippen LogP contribution in [0.4, 0.5) is 11.5 Å². The quantitative estimate of drug-likeness (QED) is 0.869. The van der Waals surface area contributed by atoms with E-state index >= 15 is 0 Å². The van der Waals surface area contributed by atoms with Crippen molar-refractivity contribution in [2.45, 2.75) is 19.9 Å². The van der Waals surface area contributed by atoms with Crippen molar-refractivity contribution in [1.82, 2.24) is 9.55 Å². The largest absolute Gasteiger partial charge is 0.371 e. The molecular weight excluding hydrogens is 339 g/mol. The smallest absolute Gasteiger partial charge is 0.349 e. The van der Waals surface area contributed by atoms with Crippen LogP contribution in [-0.4, -0.2) is 22.0 Å². The van der Waals surface area contributed by atoms with Crippen LogP contribution in [0.15, 0.2) is 29.1 Å². The zero-order valence-electron chi connectivity index (χ0n) is 12.4. The Balaban J connectivity index is 0.00000192. The maximum atomic E-state index is 12.6. The maximum absolute atomic E-state index is 12.6. The molecule has 0 fully saturated rings. The minimum Gasteiger partial charge on any atom is -0.371 e. The number of rotatable bonds is 2. The molecule has 1 aliphatic rings. The van der Waals surface area contributed by atoms with Crippen molar-refractivity contribution in [3.63, 3.8) is 0 Å². The Kier molecular flexibility index (Phi) is 5.28. The fraction of sp³-hybridized carbons (Fsp3) is 0.267. The first-order valence-corrected chi connectivity index (χ1v) is 7.36. The number of hydrogen-bond acceptors (Lipinski definition) is 4. The van der Waals surface area contributed by atoms with Crippen molar-refractivity contribution < 1.29 is 4.79 Å². The Morgan fingerprint density at radius 1 is 1.35 bits per heavy atom. The molecule has 0 spiro atoms. The fourth-order valence-corrected chi connectivity index (χ4v) is 2.62. The third kappa shape index (κ3) is 3.48. The molecule has 2 heterocycles. The van der Waals surface area contributed by atoms with Gasteiger partial charge in [-0.25, -0.2) is 4.79 Å². The van der Waals surface area contributed by atoms with Crippen molar-refractivity contribution in [3.8, 4) is 0 Å². The number of hydrogen-bond donors (Lipinski definition) is 2. The van der Waals surface area contributed by atoms with Gasteiger partial charge in [0.1, 0.15) is 11.4 Å². The van der Waals surface area contributed by atoms with Gasteiger partial charge in [-0.2, -0.15) is 4.98 Å². The van der Waals surface area contributed by atoms with Crippen LogP contribution in [0.3, 0.4) is 0 Å². The van der Waals surface area contributed by atoms with E-state index in [-0.39, 0.29) is 24.0 Å². The normalized spacial score (nSPS) is 12.6. The summed E-state index contributed by atoms with van der Waals surface area (Å²) in [4.78, 5) is 28.4. The lowest BCUT2D eigenvalue weighted by Gasteiger charge is -2.23. The molecular formula is C15H16Cl2N4O2. The number of nitrogens with zero attached hydrogens (tertiary/aromatic N) is 2. The number of carbonyl (C=O) groups excluding carboxylic acids is 1. The van der Waals surface area contributed by atoms with E-state index < -0.39 is 0 Å². The van der Waals surface area contributed by atoms with Gasteiger partial charge in [0.05, 0.1) is 5.69 Å². The van der Waals surface area contributed by atoms with Gasteiger partial charge < -0.3 is 10.6 Å². The first-order valence-electron chi connectivity index (χ1n) is 6.98. The van der Waals surface area contributed by atoms with Gasteiger partial charge in [0.15, 0.2) is 0 Å². The van der Waals surface area contributed by atoms with E-state index in [0.29, 0.717) is 34.3 Å². The Morgan fingerprint density at radius 2 is 2.04 bits per heavy atom. The van der Waals surface area contributed by atoms with Crippen LogP contribution in [-0.2, 0) is 6.54 Å². The molecule has 0 saturated carbocycles. The minimum atomic E-state index is -0.331. The summed E-state index contributed by atoms with van der Waals surface area (Å²) >= 11 is 5.83. The average Bonchev–Trinajstić information content (AvgIpc) is 2.49. The van der Waals surface area contributed by atoms with Gasteiger partial charge in [-0.05, 0) is 37.6 Å². The summed E-state index contributed by atoms with van der Waals surface area (Å²) in [5.41, 5.74) is 1.11. The summed E-state index contributed by atoms with van der Waals surface area (Å²) in [6.45, 7) is 2.95. The van der Waals surface area contributed by atoms with Crippen LogP contribution in [0.1, 0.15) is 22.5 Å². The van der Waals surface area contributed by atoms with Gasteiger partial charge in [0, 0.05) is 23.8 Å². The molecule has 0 atom stereocenters. The average molecular weight is 355 g/mol. The van der Waals surface area contributed by atoms with Gasteiger partial charge in [-0.15, -0.1) is 12.4 Å². The third-order valence-electron chi connectivity index (χ3n) is 3.54. The molecule has 3 rings (SSSR count). The Hall–Kier alpha value is -2.05. The molecule has 1 aromatic heterocycles. The van der Waals surface area contributed by atoms with Crippen molar-refractivity contribution in [2.75, 3.05) is 17.2 Å². The highest BCUT2D eigenvalue weighted by molar-refractivity contribution is 6.30. The van der Waals surface area contributed by atoms with E-state index in [4.69, 9.17) is 11.6 Å². The fourth-order valence-electron chi connectivity index (χ4n) is 2.50. The number of carbonyl (C=O) groups is 1. The zero-order valence-corrected chi connectivity index (χ0v) is 14.0. The van der Waals surface area contributed by atoms with Crippen molar-refractivity contribution in [3.05, 3.63) is 51.0 Å². The molecule has 1 amide bonds. The summed E-state index contributed by atoms with van der Waals surface area (Å²) < 4.78 is 1.51. The lowest BCUT2D eigenvalue weighted by Crippen LogP contribution is -2.34. The number of benzene rings is 1. The maximum Gasteiger partial charge on any atom is 0.349 e. The van der Waals surface area contributed by atoms with Gasteiger partial charge in [-0.1, -0.05) is 11.6 Å². The number of anilines is 2. The number of aryl methyl sites for hydroxylation is 1. The molecule has 0 radical (unpaired) electrons. The molecule has 2 aromatic rings. The monoisotopic (exact) mass is 354 g/mol. The standard InChI is InChI=1S/C15H15ClN4O2.ClH/c1-9-12(13-17-7-2-8-20(13)15(22)18-9)14(21)19-11-5-3-10(16)4-6-11;/h3-6,17H,2,7-8H2,1H3,(H,19,21);1H. The highest BCUT2D eigenvalue weighted by Crippen LogP contribution is 2.22. The predicted octanol–water partition coefficient (Wildman–Crippen LogP) is 2.69. The Bertz CT molecular complexity index is 787. The minimum absolute atomic E-state index is 0. The summed E-state index contributed by atoms with van der Waals surface area (Å²) in [5, 5.41) is 6.53. The predicted molar refractivity (Wildman–Crippen MR) is 93.0 cm³/mol. The first-order chi connectivity index (χ1) is 10.6. The number of aromatic nitrogens is 2. The van der Waals surface area contributed by atoms with E-state index in [9.17, 15) is 9.59 Å². The van der Waals surface area contributed by atoms with E-state index in [1.54, 1.807) is 31.2 Å². The highest BCUT2D eigenvalue weighted by atomic mass is 35.5. The third-order valence-corrected chi connectivity index (χ3v) is 3.79. The topological polar surface area (TPSA) is 76.0 Å². The first kappa shape index (κ1) is 17.3. The molecule has 1 aromatic carbocycles. The number of fused-ring (bicyclic) bond motifs is 1. The second-order valence-electron chi connectivity index (χ2n) is 5.10. The van der Waals surface area contributed by atoms with E-state index in [1.807, 2.05) is 0 Å². The lowest BCUT2D eigenvalue weighted by atomic mass is 10.1. The molecule has 0 aliphatic carbocycles. The van der Waals surface area contributed by atoms with E-state index in [2.05, 4.69) is 15.6 Å². The van der Waals surface area contributed by atoms with Crippen LogP contribution in [0.2, 0.25) is 5.02 Å². The van der Waals surface area contributed by atoms with Crippen molar-refractivity contribution in [1.29, 1.82) is 0 Å². The van der Waals surface area contributed by atoms with E-state index in [1.165, 1.54) is 4.57 Å². The van der Waals surface area contributed by atoms with Crippen LogP contribution in [0, 0.1) is 6.92 Å². The number of nitrogens with one attached hydrogen (secondary N) is 2. The lowest BCUT2D eigenvalue weighted by molar-refractivity contribution is 0.102. The second-order valence-corrected chi connectivity index (χ2v) is 5.53. The molecule has 122 valence electrons. The Labute approximate surface area is 144 Å². The molecule has 23 heavy (non-hydrogen) atoms. The molecule has 0 bridgehead atoms. The van der Waals surface area contributed by atoms with Crippen LogP contribution in [0.5, 0.6) is 0 Å². The molecule has 6 nitrogen and oxygen atoms in total. The van der Waals surface area contributed by atoms with Crippen LogP contribution in [0.25, 0.3) is 0 Å². The molecule has 1 aliphatic heterocycles. The SMILES string of the molecule is Cc1nc(=O)n2c(c1C(=O)Nc1ccc(Cl)cc1)NCCC2.Cl. The van der Waals surface area contributed by atoms with Gasteiger partial charge >= 0.3 is 5.69 Å².